The Labute approximate surface area is 78.8 Å². The molecule has 0 aliphatic heterocycles. The predicted octanol–water partition coefficient (Wildman–Crippen LogP) is 2.33. The fourth-order valence-electron chi connectivity index (χ4n) is 1.49. The van der Waals surface area contributed by atoms with Gasteiger partial charge in [-0.05, 0) is 49.9 Å². The van der Waals surface area contributed by atoms with Crippen molar-refractivity contribution in [3.05, 3.63) is 34.6 Å². The van der Waals surface area contributed by atoms with E-state index in [9.17, 15) is 4.39 Å². The summed E-state index contributed by atoms with van der Waals surface area (Å²) in [7, 11) is 0. The average Bonchev–Trinajstić information content (AvgIpc) is 2.10. The van der Waals surface area contributed by atoms with Gasteiger partial charge in [0, 0.05) is 0 Å². The summed E-state index contributed by atoms with van der Waals surface area (Å²) >= 11 is 0. The van der Waals surface area contributed by atoms with Crippen molar-refractivity contribution in [3.63, 3.8) is 0 Å². The molecule has 1 aromatic rings. The zero-order valence-corrected chi connectivity index (χ0v) is 8.23. The van der Waals surface area contributed by atoms with Gasteiger partial charge in [-0.3, -0.25) is 0 Å². The molecular formula is C11H16FN. The molecular weight excluding hydrogens is 165 g/mol. The fraction of sp³-hybridized carbons (Fsp3) is 0.455. The third kappa shape index (κ3) is 2.52. The summed E-state index contributed by atoms with van der Waals surface area (Å²) in [5.41, 5.74) is 8.05. The molecule has 0 saturated heterocycles. The number of hydrogen-bond acceptors (Lipinski definition) is 1. The summed E-state index contributed by atoms with van der Waals surface area (Å²) in [5, 5.41) is 0. The highest BCUT2D eigenvalue weighted by atomic mass is 19.1. The van der Waals surface area contributed by atoms with Crippen molar-refractivity contribution in [1.29, 1.82) is 0 Å². The van der Waals surface area contributed by atoms with Crippen LogP contribution in [0.3, 0.4) is 0 Å². The number of nitrogens with two attached hydrogens (primary N) is 1. The van der Waals surface area contributed by atoms with E-state index in [2.05, 4.69) is 0 Å². The highest BCUT2D eigenvalue weighted by Gasteiger charge is 2.03. The van der Waals surface area contributed by atoms with Crippen molar-refractivity contribution in [2.45, 2.75) is 26.7 Å². The molecule has 1 aromatic carbocycles. The van der Waals surface area contributed by atoms with Gasteiger partial charge in [0.15, 0.2) is 0 Å². The normalized spacial score (nSPS) is 10.5. The first-order chi connectivity index (χ1) is 6.15. The minimum atomic E-state index is -0.0866. The molecule has 1 rings (SSSR count). The Morgan fingerprint density at radius 1 is 1.23 bits per heavy atom. The largest absolute Gasteiger partial charge is 0.330 e. The van der Waals surface area contributed by atoms with Gasteiger partial charge in [0.1, 0.15) is 5.82 Å². The van der Waals surface area contributed by atoms with E-state index in [1.807, 2.05) is 12.1 Å². The number of benzene rings is 1. The smallest absolute Gasteiger partial charge is 0.129 e. The van der Waals surface area contributed by atoms with Crippen LogP contribution in [0, 0.1) is 19.7 Å². The van der Waals surface area contributed by atoms with Crippen molar-refractivity contribution < 1.29 is 4.39 Å². The van der Waals surface area contributed by atoms with Gasteiger partial charge in [-0.15, -0.1) is 0 Å². The summed E-state index contributed by atoms with van der Waals surface area (Å²) in [6, 6.07) is 3.80. The van der Waals surface area contributed by atoms with Crippen LogP contribution in [0.2, 0.25) is 0 Å². The molecule has 0 aromatic heterocycles. The Morgan fingerprint density at radius 3 is 2.23 bits per heavy atom. The van der Waals surface area contributed by atoms with E-state index in [4.69, 9.17) is 5.73 Å². The minimum Gasteiger partial charge on any atom is -0.330 e. The number of aryl methyl sites for hydroxylation is 3. The molecule has 2 N–H and O–H groups in total. The highest BCUT2D eigenvalue weighted by Crippen LogP contribution is 2.15. The fourth-order valence-corrected chi connectivity index (χ4v) is 1.49. The van der Waals surface area contributed by atoms with Gasteiger partial charge in [-0.25, -0.2) is 4.39 Å². The predicted molar refractivity (Wildman–Crippen MR) is 53.2 cm³/mol. The number of hydrogen-bond donors (Lipinski definition) is 1. The summed E-state index contributed by atoms with van der Waals surface area (Å²) in [5.74, 6) is -0.0866. The van der Waals surface area contributed by atoms with Crippen molar-refractivity contribution in [2.75, 3.05) is 6.54 Å². The minimum absolute atomic E-state index is 0.0866. The summed E-state index contributed by atoms with van der Waals surface area (Å²) in [4.78, 5) is 0. The van der Waals surface area contributed by atoms with Gasteiger partial charge >= 0.3 is 0 Å². The highest BCUT2D eigenvalue weighted by molar-refractivity contribution is 5.30. The molecule has 2 heteroatoms. The van der Waals surface area contributed by atoms with Gasteiger partial charge in [0.05, 0.1) is 0 Å². The summed E-state index contributed by atoms with van der Waals surface area (Å²) < 4.78 is 13.2. The maximum absolute atomic E-state index is 13.2. The van der Waals surface area contributed by atoms with Crippen molar-refractivity contribution in [3.8, 4) is 0 Å². The van der Waals surface area contributed by atoms with Gasteiger partial charge in [-0.1, -0.05) is 12.1 Å². The molecule has 0 heterocycles. The molecule has 0 unspecified atom stereocenters. The van der Waals surface area contributed by atoms with Crippen LogP contribution in [0.4, 0.5) is 4.39 Å². The van der Waals surface area contributed by atoms with Crippen LogP contribution in [-0.2, 0) is 6.42 Å². The van der Waals surface area contributed by atoms with Crippen molar-refractivity contribution in [2.24, 2.45) is 5.73 Å². The molecule has 0 bridgehead atoms. The maximum atomic E-state index is 13.2. The number of rotatable bonds is 3. The lowest BCUT2D eigenvalue weighted by Crippen LogP contribution is -2.01. The van der Waals surface area contributed by atoms with E-state index in [0.29, 0.717) is 6.54 Å². The first kappa shape index (κ1) is 10.2. The zero-order valence-electron chi connectivity index (χ0n) is 8.23. The lowest BCUT2D eigenvalue weighted by molar-refractivity contribution is 0.608. The van der Waals surface area contributed by atoms with Crippen LogP contribution in [0.25, 0.3) is 0 Å². The Balaban J connectivity index is 2.86. The van der Waals surface area contributed by atoms with Crippen LogP contribution in [0.1, 0.15) is 23.1 Å². The molecule has 0 aliphatic rings. The first-order valence-electron chi connectivity index (χ1n) is 4.61. The third-order valence-electron chi connectivity index (χ3n) is 2.17. The monoisotopic (exact) mass is 181 g/mol. The molecule has 0 saturated carbocycles. The van der Waals surface area contributed by atoms with Gasteiger partial charge in [-0.2, -0.15) is 0 Å². The van der Waals surface area contributed by atoms with Gasteiger partial charge < -0.3 is 5.73 Å². The van der Waals surface area contributed by atoms with E-state index >= 15 is 0 Å². The van der Waals surface area contributed by atoms with E-state index in [1.165, 1.54) is 5.56 Å². The molecule has 0 aliphatic carbocycles. The molecule has 1 nitrogen and oxygen atoms in total. The Hall–Kier alpha value is -0.890. The lowest BCUT2D eigenvalue weighted by atomic mass is 10.0. The second-order valence-electron chi connectivity index (χ2n) is 3.44. The molecule has 13 heavy (non-hydrogen) atoms. The van der Waals surface area contributed by atoms with E-state index < -0.39 is 0 Å². The van der Waals surface area contributed by atoms with Crippen LogP contribution < -0.4 is 5.73 Å². The van der Waals surface area contributed by atoms with Crippen LogP contribution >= 0.6 is 0 Å². The molecule has 0 atom stereocenters. The lowest BCUT2D eigenvalue weighted by Gasteiger charge is -2.05. The average molecular weight is 181 g/mol. The van der Waals surface area contributed by atoms with Crippen molar-refractivity contribution >= 4 is 0 Å². The number of halogens is 1. The maximum Gasteiger partial charge on any atom is 0.129 e. The van der Waals surface area contributed by atoms with E-state index in [-0.39, 0.29) is 5.82 Å². The topological polar surface area (TPSA) is 26.0 Å². The van der Waals surface area contributed by atoms with Crippen LogP contribution in [0.5, 0.6) is 0 Å². The SMILES string of the molecule is Cc1cc(CCCN)cc(C)c1F. The second-order valence-corrected chi connectivity index (χ2v) is 3.44. The molecule has 72 valence electrons. The third-order valence-corrected chi connectivity index (χ3v) is 2.17. The summed E-state index contributed by atoms with van der Waals surface area (Å²) in [6.07, 6.45) is 1.91. The quantitative estimate of drug-likeness (QED) is 0.761. The van der Waals surface area contributed by atoms with Crippen molar-refractivity contribution in [1.82, 2.24) is 0 Å². The van der Waals surface area contributed by atoms with Crippen LogP contribution in [0.15, 0.2) is 12.1 Å². The molecule has 0 spiro atoms. The molecule has 0 fully saturated rings. The Bertz CT molecular complexity index is 271. The summed E-state index contributed by atoms with van der Waals surface area (Å²) in [6.45, 7) is 4.29. The van der Waals surface area contributed by atoms with Gasteiger partial charge in [0.2, 0.25) is 0 Å². The Morgan fingerprint density at radius 2 is 1.77 bits per heavy atom. The Kier molecular flexibility index (Phi) is 3.43. The van der Waals surface area contributed by atoms with Gasteiger partial charge in [0.25, 0.3) is 0 Å². The molecule has 0 radical (unpaired) electrons. The standard InChI is InChI=1S/C11H16FN/c1-8-6-10(4-3-5-13)7-9(2)11(8)12/h6-7H,3-5,13H2,1-2H3. The van der Waals surface area contributed by atoms with E-state index in [1.54, 1.807) is 13.8 Å². The first-order valence-corrected chi connectivity index (χ1v) is 4.61. The second kappa shape index (κ2) is 4.38. The van der Waals surface area contributed by atoms with Crippen LogP contribution in [-0.4, -0.2) is 6.54 Å². The van der Waals surface area contributed by atoms with E-state index in [0.717, 1.165) is 24.0 Å². The molecule has 0 amide bonds. The zero-order chi connectivity index (χ0) is 9.84.